The van der Waals surface area contributed by atoms with E-state index in [4.69, 9.17) is 9.47 Å². The van der Waals surface area contributed by atoms with Gasteiger partial charge in [0.1, 0.15) is 17.6 Å². The number of rotatable bonds is 8. The van der Waals surface area contributed by atoms with E-state index in [1.54, 1.807) is 0 Å². The zero-order valence-corrected chi connectivity index (χ0v) is 16.0. The average Bonchev–Trinajstić information content (AvgIpc) is 2.61. The molecule has 144 valence electrons. The van der Waals surface area contributed by atoms with Crippen LogP contribution in [0.5, 0.6) is 11.5 Å². The van der Waals surface area contributed by atoms with Gasteiger partial charge in [0, 0.05) is 5.92 Å². The van der Waals surface area contributed by atoms with Crippen molar-refractivity contribution in [2.45, 2.75) is 58.1 Å². The Hall–Kier alpha value is -1.75. The van der Waals surface area contributed by atoms with E-state index in [1.807, 2.05) is 31.2 Å². The monoisotopic (exact) mass is 360 g/mol. The summed E-state index contributed by atoms with van der Waals surface area (Å²) in [6.07, 6.45) is 5.31. The molecule has 1 saturated heterocycles. The topological polar surface area (TPSA) is 59.6 Å². The van der Waals surface area contributed by atoms with Gasteiger partial charge in [-0.15, -0.1) is 0 Å². The summed E-state index contributed by atoms with van der Waals surface area (Å²) in [6.45, 7) is 6.76. The van der Waals surface area contributed by atoms with Crippen molar-refractivity contribution in [2.24, 2.45) is 11.8 Å². The summed E-state index contributed by atoms with van der Waals surface area (Å²) in [7, 11) is 0. The molecule has 3 rings (SSSR count). The molecule has 5 heteroatoms. The highest BCUT2D eigenvalue weighted by Gasteiger charge is 2.33. The summed E-state index contributed by atoms with van der Waals surface area (Å²) in [6, 6.07) is 7.92. The molecule has 3 atom stereocenters. The third-order valence-electron chi connectivity index (χ3n) is 5.55. The molecule has 0 bridgehead atoms. The van der Waals surface area contributed by atoms with Crippen molar-refractivity contribution < 1.29 is 14.3 Å². The van der Waals surface area contributed by atoms with Gasteiger partial charge in [-0.05, 0) is 69.0 Å². The van der Waals surface area contributed by atoms with E-state index in [2.05, 4.69) is 17.6 Å². The molecular weight excluding hydrogens is 328 g/mol. The Balaban J connectivity index is 1.55. The van der Waals surface area contributed by atoms with Crippen LogP contribution in [0, 0.1) is 11.8 Å². The first-order chi connectivity index (χ1) is 12.7. The highest BCUT2D eigenvalue weighted by atomic mass is 16.5. The lowest BCUT2D eigenvalue weighted by molar-refractivity contribution is -0.128. The molecule has 2 aliphatic rings. The third kappa shape index (κ3) is 4.91. The maximum atomic E-state index is 12.6. The molecule has 3 unspecified atom stereocenters. The number of nitrogens with one attached hydrogen (secondary N) is 2. The lowest BCUT2D eigenvalue weighted by Crippen LogP contribution is -2.54. The van der Waals surface area contributed by atoms with Gasteiger partial charge in [0.25, 0.3) is 0 Å². The second-order valence-electron chi connectivity index (χ2n) is 7.58. The van der Waals surface area contributed by atoms with E-state index in [1.165, 1.54) is 0 Å². The summed E-state index contributed by atoms with van der Waals surface area (Å²) < 4.78 is 11.8. The van der Waals surface area contributed by atoms with Crippen LogP contribution in [-0.2, 0) is 4.79 Å². The zero-order chi connectivity index (χ0) is 18.4. The summed E-state index contributed by atoms with van der Waals surface area (Å²) in [5.74, 6) is 2.41. The Morgan fingerprint density at radius 1 is 1.19 bits per heavy atom. The van der Waals surface area contributed by atoms with Gasteiger partial charge in [0.2, 0.25) is 5.91 Å². The smallest absolute Gasteiger partial charge is 0.223 e. The van der Waals surface area contributed by atoms with Crippen LogP contribution in [0.15, 0.2) is 24.3 Å². The van der Waals surface area contributed by atoms with E-state index >= 15 is 0 Å². The molecule has 2 fully saturated rings. The number of hydrogen-bond donors (Lipinski definition) is 2. The van der Waals surface area contributed by atoms with Crippen LogP contribution in [0.4, 0.5) is 0 Å². The Bertz CT molecular complexity index is 571. The highest BCUT2D eigenvalue weighted by molar-refractivity contribution is 5.79. The molecule has 0 radical (unpaired) electrons. The number of amides is 1. The van der Waals surface area contributed by atoms with Crippen LogP contribution in [0.3, 0.4) is 0 Å². The SMILES string of the molecule is CCCOc1ccc(OC2CCCCC2NC(=O)C(C)C2CNC2)cc1. The van der Waals surface area contributed by atoms with Crippen LogP contribution in [0.25, 0.3) is 0 Å². The fraction of sp³-hybridized carbons (Fsp3) is 0.667. The Kier molecular flexibility index (Phi) is 6.78. The fourth-order valence-corrected chi connectivity index (χ4v) is 3.60. The molecule has 1 aliphatic heterocycles. The molecule has 1 aromatic carbocycles. The number of carbonyl (C=O) groups is 1. The molecule has 26 heavy (non-hydrogen) atoms. The average molecular weight is 360 g/mol. The van der Waals surface area contributed by atoms with Crippen molar-refractivity contribution in [2.75, 3.05) is 19.7 Å². The minimum absolute atomic E-state index is 0.0434. The Morgan fingerprint density at radius 2 is 1.88 bits per heavy atom. The molecule has 1 aliphatic carbocycles. The second kappa shape index (κ2) is 9.26. The minimum Gasteiger partial charge on any atom is -0.494 e. The lowest BCUT2D eigenvalue weighted by Gasteiger charge is -2.36. The standard InChI is InChI=1S/C21H32N2O3/c1-3-12-25-17-8-10-18(11-9-17)26-20-7-5-4-6-19(20)23-21(24)15(2)16-13-22-14-16/h8-11,15-16,19-20,22H,3-7,12-14H2,1-2H3,(H,23,24). The van der Waals surface area contributed by atoms with Gasteiger partial charge in [-0.2, -0.15) is 0 Å². The molecular formula is C21H32N2O3. The van der Waals surface area contributed by atoms with Crippen molar-refractivity contribution in [3.05, 3.63) is 24.3 Å². The van der Waals surface area contributed by atoms with Gasteiger partial charge in [-0.25, -0.2) is 0 Å². The summed E-state index contributed by atoms with van der Waals surface area (Å²) in [4.78, 5) is 12.6. The number of hydrogen-bond acceptors (Lipinski definition) is 4. The summed E-state index contributed by atoms with van der Waals surface area (Å²) >= 11 is 0. The van der Waals surface area contributed by atoms with Gasteiger partial charge >= 0.3 is 0 Å². The maximum Gasteiger partial charge on any atom is 0.223 e. The molecule has 0 spiro atoms. The molecule has 1 saturated carbocycles. The third-order valence-corrected chi connectivity index (χ3v) is 5.55. The van der Waals surface area contributed by atoms with Gasteiger partial charge in [0.15, 0.2) is 0 Å². The van der Waals surface area contributed by atoms with E-state index in [-0.39, 0.29) is 24.0 Å². The quantitative estimate of drug-likeness (QED) is 0.748. The molecule has 0 aromatic heterocycles. The first kappa shape index (κ1) is 19.0. The van der Waals surface area contributed by atoms with E-state index in [0.29, 0.717) is 5.92 Å². The molecule has 5 nitrogen and oxygen atoms in total. The summed E-state index contributed by atoms with van der Waals surface area (Å²) in [5, 5.41) is 6.51. The van der Waals surface area contributed by atoms with Crippen molar-refractivity contribution in [1.29, 1.82) is 0 Å². The minimum atomic E-state index is 0.0434. The Labute approximate surface area is 156 Å². The normalized spacial score (nSPS) is 24.4. The largest absolute Gasteiger partial charge is 0.494 e. The van der Waals surface area contributed by atoms with Crippen molar-refractivity contribution >= 4 is 5.91 Å². The fourth-order valence-electron chi connectivity index (χ4n) is 3.60. The van der Waals surface area contributed by atoms with Gasteiger partial charge < -0.3 is 20.1 Å². The maximum absolute atomic E-state index is 12.6. The van der Waals surface area contributed by atoms with Crippen molar-refractivity contribution in [3.8, 4) is 11.5 Å². The second-order valence-corrected chi connectivity index (χ2v) is 7.58. The molecule has 1 aromatic rings. The van der Waals surface area contributed by atoms with E-state index in [9.17, 15) is 4.79 Å². The lowest BCUT2D eigenvalue weighted by atomic mass is 9.87. The predicted molar refractivity (Wildman–Crippen MR) is 103 cm³/mol. The van der Waals surface area contributed by atoms with Gasteiger partial charge in [0.05, 0.1) is 12.6 Å². The number of benzene rings is 1. The van der Waals surface area contributed by atoms with Crippen LogP contribution in [0.1, 0.15) is 46.0 Å². The van der Waals surface area contributed by atoms with Crippen LogP contribution >= 0.6 is 0 Å². The first-order valence-electron chi connectivity index (χ1n) is 10.1. The van der Waals surface area contributed by atoms with Crippen LogP contribution in [0.2, 0.25) is 0 Å². The van der Waals surface area contributed by atoms with E-state index in [0.717, 1.165) is 63.3 Å². The predicted octanol–water partition coefficient (Wildman–Crippen LogP) is 3.14. The first-order valence-corrected chi connectivity index (χ1v) is 10.1. The zero-order valence-electron chi connectivity index (χ0n) is 16.0. The number of ether oxygens (including phenoxy) is 2. The van der Waals surface area contributed by atoms with E-state index < -0.39 is 0 Å². The van der Waals surface area contributed by atoms with Crippen molar-refractivity contribution in [1.82, 2.24) is 10.6 Å². The highest BCUT2D eigenvalue weighted by Crippen LogP contribution is 2.26. The number of carbonyl (C=O) groups excluding carboxylic acids is 1. The Morgan fingerprint density at radius 3 is 2.54 bits per heavy atom. The van der Waals surface area contributed by atoms with Crippen LogP contribution < -0.4 is 20.1 Å². The van der Waals surface area contributed by atoms with Crippen LogP contribution in [-0.4, -0.2) is 37.7 Å². The molecule has 2 N–H and O–H groups in total. The molecule has 1 heterocycles. The van der Waals surface area contributed by atoms with Gasteiger partial charge in [-0.1, -0.05) is 20.3 Å². The summed E-state index contributed by atoms with van der Waals surface area (Å²) in [5.41, 5.74) is 0. The van der Waals surface area contributed by atoms with Crippen molar-refractivity contribution in [3.63, 3.8) is 0 Å². The van der Waals surface area contributed by atoms with Gasteiger partial charge in [-0.3, -0.25) is 4.79 Å². The molecule has 1 amide bonds.